The second-order valence-electron chi connectivity index (χ2n) is 4.25. The van der Waals surface area contributed by atoms with Crippen molar-refractivity contribution in [3.8, 4) is 0 Å². The van der Waals surface area contributed by atoms with Gasteiger partial charge in [-0.15, -0.1) is 0 Å². The topological polar surface area (TPSA) is 27.3 Å². The molecule has 1 aromatic rings. The van der Waals surface area contributed by atoms with Crippen molar-refractivity contribution < 1.29 is 4.39 Å². The van der Waals surface area contributed by atoms with Crippen LogP contribution in [0.3, 0.4) is 0 Å². The minimum absolute atomic E-state index is 0.186. The Balaban J connectivity index is 2.08. The zero-order valence-corrected chi connectivity index (χ0v) is 10.6. The summed E-state index contributed by atoms with van der Waals surface area (Å²) in [5, 5.41) is 6.78. The van der Waals surface area contributed by atoms with E-state index in [1.807, 2.05) is 7.05 Å². The lowest BCUT2D eigenvalue weighted by atomic mass is 10.2. The molecule has 2 N–H and O–H groups in total. The fraction of sp³-hybridized carbons (Fsp3) is 0.500. The number of rotatable bonds is 3. The van der Waals surface area contributed by atoms with Gasteiger partial charge in [0.15, 0.2) is 0 Å². The predicted molar refractivity (Wildman–Crippen MR) is 69.3 cm³/mol. The van der Waals surface area contributed by atoms with Gasteiger partial charge in [0.1, 0.15) is 5.82 Å². The van der Waals surface area contributed by atoms with Gasteiger partial charge in [-0.3, -0.25) is 0 Å². The lowest BCUT2D eigenvalue weighted by Crippen LogP contribution is -2.54. The number of anilines is 1. The van der Waals surface area contributed by atoms with Crippen LogP contribution in [0, 0.1) is 5.82 Å². The largest absolute Gasteiger partial charge is 0.369 e. The molecule has 1 fully saturated rings. The predicted octanol–water partition coefficient (Wildman–Crippen LogP) is 1.48. The Labute approximate surface area is 106 Å². The van der Waals surface area contributed by atoms with Crippen LogP contribution in [0.5, 0.6) is 0 Å². The number of halogens is 2. The highest BCUT2D eigenvalue weighted by Gasteiger charge is 2.19. The van der Waals surface area contributed by atoms with Gasteiger partial charge in [-0.2, -0.15) is 0 Å². The van der Waals surface area contributed by atoms with Crippen molar-refractivity contribution in [1.29, 1.82) is 0 Å². The molecule has 0 spiro atoms. The molecule has 0 radical (unpaired) electrons. The van der Waals surface area contributed by atoms with Crippen LogP contribution in [0.1, 0.15) is 0 Å². The van der Waals surface area contributed by atoms with Gasteiger partial charge in [-0.05, 0) is 25.2 Å². The molecule has 1 saturated heterocycles. The maximum Gasteiger partial charge on any atom is 0.141 e. The van der Waals surface area contributed by atoms with E-state index in [1.165, 1.54) is 6.07 Å². The van der Waals surface area contributed by atoms with Crippen LogP contribution in [-0.2, 0) is 0 Å². The molecule has 1 heterocycles. The van der Waals surface area contributed by atoms with E-state index in [4.69, 9.17) is 11.6 Å². The molecule has 1 aliphatic rings. The number of piperazine rings is 1. The van der Waals surface area contributed by atoms with Crippen molar-refractivity contribution in [2.24, 2.45) is 0 Å². The zero-order valence-electron chi connectivity index (χ0n) is 9.84. The summed E-state index contributed by atoms with van der Waals surface area (Å²) in [5.41, 5.74) is 0.985. The Morgan fingerprint density at radius 1 is 1.59 bits per heavy atom. The van der Waals surface area contributed by atoms with Gasteiger partial charge in [0.05, 0.1) is 5.02 Å². The first-order chi connectivity index (χ1) is 8.20. The van der Waals surface area contributed by atoms with Gasteiger partial charge in [-0.25, -0.2) is 4.39 Å². The summed E-state index contributed by atoms with van der Waals surface area (Å²) >= 11 is 5.80. The molecular weight excluding hydrogens is 241 g/mol. The number of hydrogen-bond donors (Lipinski definition) is 2. The van der Waals surface area contributed by atoms with Gasteiger partial charge in [-0.1, -0.05) is 11.6 Å². The van der Waals surface area contributed by atoms with Crippen molar-refractivity contribution in [2.45, 2.75) is 6.04 Å². The van der Waals surface area contributed by atoms with Crippen LogP contribution in [0.15, 0.2) is 18.2 Å². The number of hydrogen-bond acceptors (Lipinski definition) is 3. The van der Waals surface area contributed by atoms with Crippen LogP contribution in [-0.4, -0.2) is 39.3 Å². The molecule has 0 saturated carbocycles. The lowest BCUT2D eigenvalue weighted by molar-refractivity contribution is 0.443. The second kappa shape index (κ2) is 5.67. The highest BCUT2D eigenvalue weighted by molar-refractivity contribution is 6.31. The van der Waals surface area contributed by atoms with E-state index < -0.39 is 0 Å². The van der Waals surface area contributed by atoms with E-state index >= 15 is 0 Å². The van der Waals surface area contributed by atoms with Gasteiger partial charge in [0, 0.05) is 37.9 Å². The molecular formula is C12H17ClFN3. The molecule has 1 unspecified atom stereocenters. The maximum absolute atomic E-state index is 13.1. The molecule has 1 atom stereocenters. The molecule has 17 heavy (non-hydrogen) atoms. The van der Waals surface area contributed by atoms with Crippen LogP contribution < -0.4 is 15.5 Å². The number of nitrogens with zero attached hydrogens (tertiary/aromatic N) is 1. The molecule has 1 aromatic carbocycles. The normalized spacial score (nSPS) is 20.6. The third kappa shape index (κ3) is 3.09. The fourth-order valence-corrected chi connectivity index (χ4v) is 2.30. The van der Waals surface area contributed by atoms with Gasteiger partial charge in [0.25, 0.3) is 0 Å². The minimum Gasteiger partial charge on any atom is -0.369 e. The van der Waals surface area contributed by atoms with Crippen molar-refractivity contribution >= 4 is 17.3 Å². The first-order valence-corrected chi connectivity index (χ1v) is 6.16. The molecule has 3 nitrogen and oxygen atoms in total. The van der Waals surface area contributed by atoms with Crippen LogP contribution in [0.4, 0.5) is 10.1 Å². The fourth-order valence-electron chi connectivity index (χ4n) is 2.12. The molecule has 2 rings (SSSR count). The standard InChI is InChI=1S/C12H17ClFN3/c1-15-7-9-8-17(5-4-16-9)10-2-3-12(14)11(13)6-10/h2-3,6,9,15-16H,4-5,7-8H2,1H3. The molecule has 1 aliphatic heterocycles. The van der Waals surface area contributed by atoms with E-state index in [1.54, 1.807) is 12.1 Å². The Kier molecular flexibility index (Phi) is 4.20. The minimum atomic E-state index is -0.364. The van der Waals surface area contributed by atoms with Crippen LogP contribution in [0.25, 0.3) is 0 Å². The van der Waals surface area contributed by atoms with Crippen molar-refractivity contribution in [1.82, 2.24) is 10.6 Å². The molecule has 0 aliphatic carbocycles. The summed E-state index contributed by atoms with van der Waals surface area (Å²) in [7, 11) is 1.94. The molecule has 0 bridgehead atoms. The third-order valence-corrected chi connectivity index (χ3v) is 3.26. The highest BCUT2D eigenvalue weighted by atomic mass is 35.5. The summed E-state index contributed by atoms with van der Waals surface area (Å²) in [5.74, 6) is -0.364. The summed E-state index contributed by atoms with van der Waals surface area (Å²) in [6, 6.07) is 5.31. The number of benzene rings is 1. The number of likely N-dealkylation sites (N-methyl/N-ethyl adjacent to an activating group) is 1. The van der Waals surface area contributed by atoms with Crippen LogP contribution >= 0.6 is 11.6 Å². The van der Waals surface area contributed by atoms with Crippen molar-refractivity contribution in [3.63, 3.8) is 0 Å². The van der Waals surface area contributed by atoms with E-state index in [-0.39, 0.29) is 10.8 Å². The van der Waals surface area contributed by atoms with Crippen molar-refractivity contribution in [3.05, 3.63) is 29.0 Å². The second-order valence-corrected chi connectivity index (χ2v) is 4.66. The van der Waals surface area contributed by atoms with Crippen LogP contribution in [0.2, 0.25) is 5.02 Å². The Morgan fingerprint density at radius 2 is 2.41 bits per heavy atom. The summed E-state index contributed by atoms with van der Waals surface area (Å²) in [6.45, 7) is 3.68. The Hall–Kier alpha value is -0.840. The smallest absolute Gasteiger partial charge is 0.141 e. The average Bonchev–Trinajstić information content (AvgIpc) is 2.33. The lowest BCUT2D eigenvalue weighted by Gasteiger charge is -2.35. The quantitative estimate of drug-likeness (QED) is 0.859. The summed E-state index contributed by atoms with van der Waals surface area (Å²) in [4.78, 5) is 2.23. The highest BCUT2D eigenvalue weighted by Crippen LogP contribution is 2.23. The average molecular weight is 258 g/mol. The van der Waals surface area contributed by atoms with E-state index in [0.717, 1.165) is 31.9 Å². The van der Waals surface area contributed by atoms with E-state index in [9.17, 15) is 4.39 Å². The third-order valence-electron chi connectivity index (χ3n) is 2.97. The van der Waals surface area contributed by atoms with Gasteiger partial charge < -0.3 is 15.5 Å². The van der Waals surface area contributed by atoms with Gasteiger partial charge in [0.2, 0.25) is 0 Å². The number of nitrogens with one attached hydrogen (secondary N) is 2. The first kappa shape index (κ1) is 12.6. The van der Waals surface area contributed by atoms with Gasteiger partial charge >= 0.3 is 0 Å². The Bertz CT molecular complexity index is 384. The summed E-state index contributed by atoms with van der Waals surface area (Å²) in [6.07, 6.45) is 0. The molecule has 0 amide bonds. The first-order valence-electron chi connectivity index (χ1n) is 5.78. The molecule has 5 heteroatoms. The van der Waals surface area contributed by atoms with Crippen molar-refractivity contribution in [2.75, 3.05) is 38.1 Å². The molecule has 0 aromatic heterocycles. The maximum atomic E-state index is 13.1. The Morgan fingerprint density at radius 3 is 3.12 bits per heavy atom. The molecule has 94 valence electrons. The monoisotopic (exact) mass is 257 g/mol. The van der Waals surface area contributed by atoms with E-state index in [0.29, 0.717) is 6.04 Å². The summed E-state index contributed by atoms with van der Waals surface area (Å²) < 4.78 is 13.1. The van der Waals surface area contributed by atoms with E-state index in [2.05, 4.69) is 15.5 Å². The zero-order chi connectivity index (χ0) is 12.3. The SMILES string of the molecule is CNCC1CN(c2ccc(F)c(Cl)c2)CCN1.